The Morgan fingerprint density at radius 1 is 1.31 bits per heavy atom. The molecule has 1 aromatic heterocycles. The summed E-state index contributed by atoms with van der Waals surface area (Å²) in [5.74, 6) is 0.942. The van der Waals surface area contributed by atoms with Gasteiger partial charge in [0.2, 0.25) is 0 Å². The Hall–Kier alpha value is -1.28. The van der Waals surface area contributed by atoms with Crippen molar-refractivity contribution in [2.45, 2.75) is 19.9 Å². The molecule has 2 N–H and O–H groups in total. The minimum absolute atomic E-state index is 0.0830. The van der Waals surface area contributed by atoms with E-state index in [1.165, 1.54) is 0 Å². The molecule has 0 aliphatic rings. The number of aryl methyl sites for hydroxylation is 1. The van der Waals surface area contributed by atoms with Gasteiger partial charge >= 0.3 is 0 Å². The van der Waals surface area contributed by atoms with Crippen molar-refractivity contribution in [3.8, 4) is 0 Å². The molecule has 1 atom stereocenters. The molecular weight excluding hydrogens is 162 g/mol. The molecule has 0 saturated heterocycles. The first-order valence-electron chi connectivity index (χ1n) is 4.42. The van der Waals surface area contributed by atoms with Crippen LogP contribution in [0.3, 0.4) is 0 Å². The van der Waals surface area contributed by atoms with Crippen LogP contribution in [-0.2, 0) is 0 Å². The Morgan fingerprint density at radius 3 is 2.77 bits per heavy atom. The Kier molecular flexibility index (Phi) is 1.85. The molecule has 0 bridgehead atoms. The van der Waals surface area contributed by atoms with Crippen LogP contribution in [-0.4, -0.2) is 0 Å². The van der Waals surface area contributed by atoms with Gasteiger partial charge in [-0.3, -0.25) is 0 Å². The van der Waals surface area contributed by atoms with Crippen LogP contribution in [0.2, 0.25) is 0 Å². The molecule has 0 amide bonds. The highest BCUT2D eigenvalue weighted by Crippen LogP contribution is 2.22. The van der Waals surface area contributed by atoms with Gasteiger partial charge in [0.1, 0.15) is 11.3 Å². The zero-order valence-corrected chi connectivity index (χ0v) is 7.87. The maximum absolute atomic E-state index is 5.78. The van der Waals surface area contributed by atoms with Crippen molar-refractivity contribution in [1.29, 1.82) is 0 Å². The van der Waals surface area contributed by atoms with E-state index in [1.54, 1.807) is 0 Å². The molecule has 1 aromatic carbocycles. The topological polar surface area (TPSA) is 39.2 Å². The number of furan rings is 1. The molecule has 0 radical (unpaired) electrons. The third-order valence-corrected chi connectivity index (χ3v) is 2.19. The van der Waals surface area contributed by atoms with Crippen LogP contribution in [0.25, 0.3) is 11.0 Å². The average molecular weight is 175 g/mol. The van der Waals surface area contributed by atoms with Gasteiger partial charge in [0.25, 0.3) is 0 Å². The number of hydrogen-bond acceptors (Lipinski definition) is 2. The van der Waals surface area contributed by atoms with Crippen molar-refractivity contribution in [1.82, 2.24) is 0 Å². The van der Waals surface area contributed by atoms with Crippen LogP contribution < -0.4 is 5.73 Å². The first-order valence-corrected chi connectivity index (χ1v) is 4.42. The quantitative estimate of drug-likeness (QED) is 0.723. The number of hydrogen-bond donors (Lipinski definition) is 1. The zero-order valence-electron chi connectivity index (χ0n) is 7.87. The van der Waals surface area contributed by atoms with Gasteiger partial charge in [0, 0.05) is 11.4 Å². The first kappa shape index (κ1) is 8.32. The number of fused-ring (bicyclic) bond motifs is 1. The normalized spacial score (nSPS) is 13.5. The Morgan fingerprint density at radius 2 is 2.08 bits per heavy atom. The summed E-state index contributed by atoms with van der Waals surface area (Å²) in [6.07, 6.45) is 0. The molecule has 68 valence electrons. The molecule has 13 heavy (non-hydrogen) atoms. The first-order chi connectivity index (χ1) is 6.16. The summed E-state index contributed by atoms with van der Waals surface area (Å²) in [4.78, 5) is 0. The number of rotatable bonds is 1. The highest BCUT2D eigenvalue weighted by molar-refractivity contribution is 5.78. The summed E-state index contributed by atoms with van der Waals surface area (Å²) < 4.78 is 5.46. The molecular formula is C11H13NO. The molecule has 2 nitrogen and oxygen atoms in total. The second-order valence-corrected chi connectivity index (χ2v) is 3.44. The molecule has 0 spiro atoms. The van der Waals surface area contributed by atoms with Gasteiger partial charge in [0.15, 0.2) is 0 Å². The molecule has 2 aromatic rings. The van der Waals surface area contributed by atoms with E-state index < -0.39 is 0 Å². The van der Waals surface area contributed by atoms with E-state index in [9.17, 15) is 0 Å². The maximum Gasteiger partial charge on any atom is 0.134 e. The molecule has 1 heterocycles. The molecule has 2 rings (SSSR count). The minimum Gasteiger partial charge on any atom is -0.461 e. The third-order valence-electron chi connectivity index (χ3n) is 2.19. The second kappa shape index (κ2) is 2.89. The van der Waals surface area contributed by atoms with E-state index in [0.717, 1.165) is 22.3 Å². The van der Waals surface area contributed by atoms with E-state index in [0.29, 0.717) is 0 Å². The summed E-state index contributed by atoms with van der Waals surface area (Å²) in [5.41, 5.74) is 7.86. The van der Waals surface area contributed by atoms with Crippen LogP contribution in [0.4, 0.5) is 0 Å². The Balaban J connectivity index is 2.61. The van der Waals surface area contributed by atoms with Gasteiger partial charge in [-0.1, -0.05) is 6.07 Å². The van der Waals surface area contributed by atoms with E-state index in [-0.39, 0.29) is 6.04 Å². The number of benzene rings is 1. The lowest BCUT2D eigenvalue weighted by molar-refractivity contribution is 0.578. The van der Waals surface area contributed by atoms with E-state index in [2.05, 4.69) is 6.07 Å². The van der Waals surface area contributed by atoms with Crippen molar-refractivity contribution in [3.63, 3.8) is 0 Å². The van der Waals surface area contributed by atoms with Crippen LogP contribution >= 0.6 is 0 Å². The van der Waals surface area contributed by atoms with Crippen molar-refractivity contribution >= 4 is 11.0 Å². The molecule has 2 heteroatoms. The molecule has 0 aliphatic carbocycles. The standard InChI is InChI=1S/C11H13NO/c1-7-5-10-6-9(8(2)12)3-4-11(10)13-7/h3-6,8H,12H2,1-2H3. The SMILES string of the molecule is Cc1cc2cc(C(C)N)ccc2o1. The molecule has 0 saturated carbocycles. The van der Waals surface area contributed by atoms with Gasteiger partial charge in [-0.2, -0.15) is 0 Å². The van der Waals surface area contributed by atoms with Crippen molar-refractivity contribution in [2.75, 3.05) is 0 Å². The highest BCUT2D eigenvalue weighted by Gasteiger charge is 2.03. The predicted octanol–water partition coefficient (Wildman–Crippen LogP) is 2.76. The summed E-state index contributed by atoms with van der Waals surface area (Å²) in [7, 11) is 0. The Bertz CT molecular complexity index is 429. The summed E-state index contributed by atoms with van der Waals surface area (Å²) in [5, 5.41) is 1.13. The molecule has 1 unspecified atom stereocenters. The van der Waals surface area contributed by atoms with E-state index in [1.807, 2.05) is 32.0 Å². The van der Waals surface area contributed by atoms with Crippen LogP contribution in [0, 0.1) is 6.92 Å². The van der Waals surface area contributed by atoms with Gasteiger partial charge in [-0.25, -0.2) is 0 Å². The lowest BCUT2D eigenvalue weighted by Gasteiger charge is -2.03. The van der Waals surface area contributed by atoms with Crippen LogP contribution in [0.1, 0.15) is 24.3 Å². The number of nitrogens with two attached hydrogens (primary N) is 1. The second-order valence-electron chi connectivity index (χ2n) is 3.44. The van der Waals surface area contributed by atoms with Gasteiger partial charge in [0.05, 0.1) is 0 Å². The van der Waals surface area contributed by atoms with Crippen molar-refractivity contribution in [3.05, 3.63) is 35.6 Å². The summed E-state index contributed by atoms with van der Waals surface area (Å²) >= 11 is 0. The van der Waals surface area contributed by atoms with Crippen LogP contribution in [0.5, 0.6) is 0 Å². The lowest BCUT2D eigenvalue weighted by Crippen LogP contribution is -2.03. The van der Waals surface area contributed by atoms with Crippen LogP contribution in [0.15, 0.2) is 28.7 Å². The zero-order chi connectivity index (χ0) is 9.42. The van der Waals surface area contributed by atoms with Gasteiger partial charge < -0.3 is 10.2 Å². The predicted molar refractivity (Wildman–Crippen MR) is 53.6 cm³/mol. The summed E-state index contributed by atoms with van der Waals surface area (Å²) in [6.45, 7) is 3.93. The van der Waals surface area contributed by atoms with E-state index >= 15 is 0 Å². The largest absolute Gasteiger partial charge is 0.461 e. The fourth-order valence-electron chi connectivity index (χ4n) is 1.48. The Labute approximate surface area is 77.3 Å². The van der Waals surface area contributed by atoms with Crippen molar-refractivity contribution < 1.29 is 4.42 Å². The van der Waals surface area contributed by atoms with Crippen molar-refractivity contribution in [2.24, 2.45) is 5.73 Å². The molecule has 0 fully saturated rings. The smallest absolute Gasteiger partial charge is 0.134 e. The lowest BCUT2D eigenvalue weighted by atomic mass is 10.1. The molecule has 0 aliphatic heterocycles. The van der Waals surface area contributed by atoms with Gasteiger partial charge in [-0.05, 0) is 37.6 Å². The third kappa shape index (κ3) is 1.45. The monoisotopic (exact) mass is 175 g/mol. The van der Waals surface area contributed by atoms with E-state index in [4.69, 9.17) is 10.2 Å². The summed E-state index contributed by atoms with van der Waals surface area (Å²) in [6, 6.07) is 8.17. The average Bonchev–Trinajstić information content (AvgIpc) is 2.42. The highest BCUT2D eigenvalue weighted by atomic mass is 16.3. The fourth-order valence-corrected chi connectivity index (χ4v) is 1.48. The van der Waals surface area contributed by atoms with Gasteiger partial charge in [-0.15, -0.1) is 0 Å². The minimum atomic E-state index is 0.0830. The fraction of sp³-hybridized carbons (Fsp3) is 0.273. The maximum atomic E-state index is 5.78.